The Bertz CT molecular complexity index is 65.2. The van der Waals surface area contributed by atoms with Crippen LogP contribution in [0.1, 0.15) is 6.42 Å². The van der Waals surface area contributed by atoms with Gasteiger partial charge in [0.05, 0.1) is 0 Å². The van der Waals surface area contributed by atoms with Crippen LogP contribution >= 0.6 is 6.85 Å². The fourth-order valence-electron chi connectivity index (χ4n) is 0.505. The van der Waals surface area contributed by atoms with Crippen molar-refractivity contribution in [1.29, 1.82) is 0 Å². The third-order valence-electron chi connectivity index (χ3n) is 0.826. The molecule has 3 heteroatoms. The molecule has 0 saturated carbocycles. The molecule has 0 radical (unpaired) electrons. The summed E-state index contributed by atoms with van der Waals surface area (Å²) in [5.74, 6) is 0. The van der Waals surface area contributed by atoms with Gasteiger partial charge in [0.15, 0.2) is 11.8 Å². The van der Waals surface area contributed by atoms with E-state index >= 15 is 0 Å². The average molecular weight is 120 g/mol. The second-order valence-electron chi connectivity index (χ2n) is 1.36. The molecule has 1 aliphatic heterocycles. The zero-order valence-corrected chi connectivity index (χ0v) is 5.19. The minimum atomic E-state index is -0.132. The fraction of sp³-hybridized carbons (Fsp3) is 1.00. The van der Waals surface area contributed by atoms with Gasteiger partial charge < -0.3 is 0 Å². The molecule has 0 amide bonds. The number of hydrogen-bond acceptors (Lipinski definition) is 1. The van der Waals surface area contributed by atoms with Crippen LogP contribution in [-0.4, -0.2) is 12.7 Å². The molecule has 0 aliphatic carbocycles. The Labute approximate surface area is 43.6 Å². The van der Waals surface area contributed by atoms with E-state index in [1.807, 2.05) is 0 Å². The summed E-state index contributed by atoms with van der Waals surface area (Å²) >= 11 is 4.96. The van der Waals surface area contributed by atoms with E-state index in [0.29, 0.717) is 0 Å². The van der Waals surface area contributed by atoms with Gasteiger partial charge in [-0.05, 0) is 0 Å². The van der Waals surface area contributed by atoms with Gasteiger partial charge in [-0.1, -0.05) is 0 Å². The summed E-state index contributed by atoms with van der Waals surface area (Å²) in [5.41, 5.74) is 0. The highest BCUT2D eigenvalue weighted by molar-refractivity contribution is 8.04. The van der Waals surface area contributed by atoms with Crippen LogP contribution < -0.4 is 5.09 Å². The largest absolute Gasteiger partial charge is 0.264 e. The van der Waals surface area contributed by atoms with Crippen LogP contribution in [0.25, 0.3) is 0 Å². The number of nitrogens with one attached hydrogen (secondary N) is 1. The highest BCUT2D eigenvalue weighted by atomic mass is 32.4. The highest BCUT2D eigenvalue weighted by Crippen LogP contribution is 2.20. The maximum Gasteiger partial charge on any atom is 0.264 e. The van der Waals surface area contributed by atoms with Gasteiger partial charge in [-0.2, -0.15) is 0 Å². The molecule has 6 heavy (non-hydrogen) atoms. The molecule has 1 heterocycles. The quantitative estimate of drug-likeness (QED) is 0.475. The molecule has 1 saturated heterocycles. The van der Waals surface area contributed by atoms with E-state index in [4.69, 9.17) is 11.8 Å². The maximum atomic E-state index is 4.96. The predicted molar refractivity (Wildman–Crippen MR) is 31.8 cm³/mol. The van der Waals surface area contributed by atoms with Crippen LogP contribution in [0.4, 0.5) is 0 Å². The van der Waals surface area contributed by atoms with Crippen LogP contribution in [0, 0.1) is 0 Å². The Morgan fingerprint density at radius 3 is 2.67 bits per heavy atom. The minimum absolute atomic E-state index is 0.132. The summed E-state index contributed by atoms with van der Waals surface area (Å²) in [6.07, 6.45) is 2.56. The van der Waals surface area contributed by atoms with Crippen LogP contribution in [0.15, 0.2) is 0 Å². The van der Waals surface area contributed by atoms with Crippen LogP contribution in [0.2, 0.25) is 0 Å². The molecule has 1 N–H and O–H groups in total. The number of rotatable bonds is 0. The van der Waals surface area contributed by atoms with Crippen molar-refractivity contribution >= 4 is 18.7 Å². The first-order valence-corrected chi connectivity index (χ1v) is 4.62. The van der Waals surface area contributed by atoms with Crippen molar-refractivity contribution < 1.29 is 0 Å². The molecule has 1 fully saturated rings. The van der Waals surface area contributed by atoms with Gasteiger partial charge in [0.25, 0.3) is 6.85 Å². The maximum absolute atomic E-state index is 4.96. The Balaban J connectivity index is 2.37. The summed E-state index contributed by atoms with van der Waals surface area (Å²) in [7, 11) is 0. The first-order valence-electron chi connectivity index (χ1n) is 2.08. The smallest absolute Gasteiger partial charge is 0.133 e. The van der Waals surface area contributed by atoms with Gasteiger partial charge in [-0.15, -0.1) is 5.09 Å². The third kappa shape index (κ3) is 0.970. The molecule has 0 aromatic carbocycles. The molecule has 34 valence electrons. The lowest BCUT2D eigenvalue weighted by molar-refractivity contribution is 0.939. The van der Waals surface area contributed by atoms with Crippen molar-refractivity contribution in [3.05, 3.63) is 0 Å². The lowest BCUT2D eigenvalue weighted by Crippen LogP contribution is -1.92. The van der Waals surface area contributed by atoms with Gasteiger partial charge >= 0.3 is 0 Å². The molecule has 0 aromatic rings. The van der Waals surface area contributed by atoms with E-state index < -0.39 is 0 Å². The summed E-state index contributed by atoms with van der Waals surface area (Å²) in [6, 6.07) is 0. The van der Waals surface area contributed by atoms with Crippen molar-refractivity contribution in [3.63, 3.8) is 0 Å². The zero-order chi connectivity index (χ0) is 4.41. The molecule has 0 bridgehead atoms. The first-order chi connectivity index (χ1) is 2.89. The Morgan fingerprint density at radius 1 is 1.67 bits per heavy atom. The number of hydrogen-bond donors (Lipinski definition) is 1. The van der Waals surface area contributed by atoms with E-state index in [1.54, 1.807) is 0 Å². The van der Waals surface area contributed by atoms with E-state index in [1.165, 1.54) is 12.6 Å². The molecule has 1 unspecified atom stereocenters. The first kappa shape index (κ1) is 4.63. The molecular formula is C3H7NPS+. The highest BCUT2D eigenvalue weighted by Gasteiger charge is 2.14. The summed E-state index contributed by atoms with van der Waals surface area (Å²) < 4.78 is 0. The van der Waals surface area contributed by atoms with E-state index in [2.05, 4.69) is 5.09 Å². The van der Waals surface area contributed by atoms with E-state index in [0.717, 1.165) is 6.54 Å². The standard InChI is InChI=1S/C3H7NPS/c6-5-3-1-2-4-5/h1-3H2,(H,4,6)/q+1. The summed E-state index contributed by atoms with van der Waals surface area (Å²) in [6.45, 7) is 1.03. The van der Waals surface area contributed by atoms with Crippen LogP contribution in [0.3, 0.4) is 0 Å². The molecule has 0 aromatic heterocycles. The van der Waals surface area contributed by atoms with E-state index in [9.17, 15) is 0 Å². The van der Waals surface area contributed by atoms with Crippen molar-refractivity contribution in [2.24, 2.45) is 0 Å². The van der Waals surface area contributed by atoms with Crippen LogP contribution in [0.5, 0.6) is 0 Å². The van der Waals surface area contributed by atoms with Gasteiger partial charge in [-0.3, -0.25) is 0 Å². The topological polar surface area (TPSA) is 12.0 Å². The Hall–Kier alpha value is 0.480. The summed E-state index contributed by atoms with van der Waals surface area (Å²) in [4.78, 5) is 0. The van der Waals surface area contributed by atoms with E-state index in [-0.39, 0.29) is 6.85 Å². The minimum Gasteiger partial charge on any atom is -0.133 e. The lowest BCUT2D eigenvalue weighted by Gasteiger charge is -1.66. The molecule has 1 aliphatic rings. The Morgan fingerprint density at radius 2 is 2.50 bits per heavy atom. The summed E-state index contributed by atoms with van der Waals surface area (Å²) in [5, 5.41) is 3.20. The van der Waals surface area contributed by atoms with Crippen molar-refractivity contribution in [2.75, 3.05) is 12.7 Å². The predicted octanol–water partition coefficient (Wildman–Crippen LogP) is 0.839. The SMILES string of the molecule is S=[P+]1CCCN1. The molecule has 0 spiro atoms. The van der Waals surface area contributed by atoms with Crippen molar-refractivity contribution in [1.82, 2.24) is 5.09 Å². The molecule has 1 rings (SSSR count). The van der Waals surface area contributed by atoms with Gasteiger partial charge in [-0.25, -0.2) is 0 Å². The van der Waals surface area contributed by atoms with Crippen LogP contribution in [-0.2, 0) is 11.8 Å². The molecular weight excluding hydrogens is 113 g/mol. The normalized spacial score (nSPS) is 28.3. The monoisotopic (exact) mass is 120 g/mol. The second kappa shape index (κ2) is 1.97. The molecule has 1 atom stereocenters. The second-order valence-corrected chi connectivity index (χ2v) is 4.21. The Kier molecular flexibility index (Phi) is 1.52. The average Bonchev–Trinajstić information content (AvgIpc) is 1.86. The van der Waals surface area contributed by atoms with Gasteiger partial charge in [0.1, 0.15) is 6.16 Å². The fourth-order valence-corrected chi connectivity index (χ4v) is 2.18. The van der Waals surface area contributed by atoms with Crippen molar-refractivity contribution in [3.8, 4) is 0 Å². The third-order valence-corrected chi connectivity index (χ3v) is 3.06. The zero-order valence-electron chi connectivity index (χ0n) is 3.48. The van der Waals surface area contributed by atoms with Gasteiger partial charge in [0, 0.05) is 13.0 Å². The molecule has 1 nitrogen and oxygen atoms in total. The van der Waals surface area contributed by atoms with Crippen molar-refractivity contribution in [2.45, 2.75) is 6.42 Å². The van der Waals surface area contributed by atoms with Gasteiger partial charge in [0.2, 0.25) is 0 Å². The lowest BCUT2D eigenvalue weighted by atomic mass is 10.5.